The normalized spacial score (nSPS) is 24.0. The first-order valence-corrected chi connectivity index (χ1v) is 12.8. The van der Waals surface area contributed by atoms with E-state index in [1.54, 1.807) is 4.90 Å². The summed E-state index contributed by atoms with van der Waals surface area (Å²) in [5.41, 5.74) is 2.07. The number of rotatable bonds is 3. The minimum atomic E-state index is -0.792. The van der Waals surface area contributed by atoms with Crippen molar-refractivity contribution in [2.75, 3.05) is 31.1 Å². The lowest BCUT2D eigenvalue weighted by Crippen LogP contribution is -2.47. The van der Waals surface area contributed by atoms with E-state index in [0.717, 1.165) is 47.0 Å². The quantitative estimate of drug-likeness (QED) is 0.608. The molecule has 7 nitrogen and oxygen atoms in total. The molecule has 0 unspecified atom stereocenters. The SMILES string of the molecule is CCc1ccc(CN2CC[C@]34C(=O)N(CC(=O)NCCCOc5cccc(c5)[C@H]23)c2ccccc24)o1. The smallest absolute Gasteiger partial charge is 0.240 e. The number of ether oxygens (including phenoxy) is 1. The van der Waals surface area contributed by atoms with Gasteiger partial charge in [0.05, 0.1) is 24.6 Å². The van der Waals surface area contributed by atoms with Crippen LogP contribution in [0.3, 0.4) is 0 Å². The lowest BCUT2D eigenvalue weighted by Gasteiger charge is -2.35. The van der Waals surface area contributed by atoms with Crippen molar-refractivity contribution in [1.29, 1.82) is 0 Å². The second kappa shape index (κ2) is 9.13. The summed E-state index contributed by atoms with van der Waals surface area (Å²) >= 11 is 0. The van der Waals surface area contributed by atoms with E-state index in [1.165, 1.54) is 0 Å². The molecule has 6 rings (SSSR count). The molecular weight excluding hydrogens is 454 g/mol. The van der Waals surface area contributed by atoms with E-state index in [2.05, 4.69) is 35.3 Å². The second-order valence-electron chi connectivity index (χ2n) is 9.85. The summed E-state index contributed by atoms with van der Waals surface area (Å²) in [7, 11) is 0. The van der Waals surface area contributed by atoms with Crippen LogP contribution in [0.2, 0.25) is 0 Å². The number of aryl methyl sites for hydroxylation is 1. The summed E-state index contributed by atoms with van der Waals surface area (Å²) in [6, 6.07) is 19.9. The lowest BCUT2D eigenvalue weighted by atomic mass is 9.72. The van der Waals surface area contributed by atoms with Gasteiger partial charge in [-0.1, -0.05) is 37.3 Å². The molecule has 2 atom stereocenters. The minimum Gasteiger partial charge on any atom is -0.494 e. The van der Waals surface area contributed by atoms with Gasteiger partial charge in [-0.05, 0) is 54.3 Å². The number of carbonyl (C=O) groups excluding carboxylic acids is 2. The third-order valence-electron chi connectivity index (χ3n) is 7.74. The number of hydrogen-bond donors (Lipinski definition) is 1. The minimum absolute atomic E-state index is 0.0107. The van der Waals surface area contributed by atoms with Crippen LogP contribution >= 0.6 is 0 Å². The van der Waals surface area contributed by atoms with Gasteiger partial charge in [0.2, 0.25) is 11.8 Å². The zero-order valence-electron chi connectivity index (χ0n) is 20.5. The topological polar surface area (TPSA) is 75.0 Å². The van der Waals surface area contributed by atoms with E-state index < -0.39 is 5.41 Å². The maximum atomic E-state index is 14.4. The number of fused-ring (bicyclic) bond motifs is 6. The van der Waals surface area contributed by atoms with E-state index >= 15 is 0 Å². The monoisotopic (exact) mass is 485 g/mol. The third kappa shape index (κ3) is 3.69. The fourth-order valence-corrected chi connectivity index (χ4v) is 6.14. The van der Waals surface area contributed by atoms with Crippen molar-refractivity contribution >= 4 is 17.5 Å². The Morgan fingerprint density at radius 3 is 2.78 bits per heavy atom. The molecule has 3 aliphatic rings. The molecule has 1 saturated heterocycles. The molecule has 3 aliphatic heterocycles. The molecule has 1 spiro atoms. The van der Waals surface area contributed by atoms with Crippen LogP contribution in [-0.4, -0.2) is 43.0 Å². The summed E-state index contributed by atoms with van der Waals surface area (Å²) < 4.78 is 12.1. The van der Waals surface area contributed by atoms with E-state index in [4.69, 9.17) is 9.15 Å². The van der Waals surface area contributed by atoms with Crippen molar-refractivity contribution in [2.45, 2.75) is 44.2 Å². The van der Waals surface area contributed by atoms with Gasteiger partial charge in [0, 0.05) is 25.2 Å². The average molecular weight is 486 g/mol. The van der Waals surface area contributed by atoms with E-state index in [1.807, 2.05) is 42.5 Å². The summed E-state index contributed by atoms with van der Waals surface area (Å²) in [6.07, 6.45) is 2.20. The van der Waals surface area contributed by atoms with Crippen LogP contribution in [0.5, 0.6) is 5.75 Å². The van der Waals surface area contributed by atoms with E-state index in [-0.39, 0.29) is 24.4 Å². The number of benzene rings is 2. The molecule has 0 aliphatic carbocycles. The molecule has 2 aromatic carbocycles. The molecule has 0 saturated carbocycles. The van der Waals surface area contributed by atoms with Gasteiger partial charge in [-0.15, -0.1) is 0 Å². The third-order valence-corrected chi connectivity index (χ3v) is 7.74. The zero-order chi connectivity index (χ0) is 24.7. The van der Waals surface area contributed by atoms with E-state index in [0.29, 0.717) is 32.5 Å². The molecule has 186 valence electrons. The summed E-state index contributed by atoms with van der Waals surface area (Å²) in [5.74, 6) is 2.47. The average Bonchev–Trinajstić information content (AvgIpc) is 3.57. The van der Waals surface area contributed by atoms with Crippen molar-refractivity contribution in [3.8, 4) is 5.75 Å². The van der Waals surface area contributed by atoms with Gasteiger partial charge in [-0.2, -0.15) is 0 Å². The van der Waals surface area contributed by atoms with Crippen molar-refractivity contribution in [2.24, 2.45) is 0 Å². The van der Waals surface area contributed by atoms with Crippen LogP contribution in [0, 0.1) is 0 Å². The highest BCUT2D eigenvalue weighted by atomic mass is 16.5. The lowest BCUT2D eigenvalue weighted by molar-refractivity contribution is -0.127. The first kappa shape index (κ1) is 22.9. The molecule has 36 heavy (non-hydrogen) atoms. The number of amides is 2. The van der Waals surface area contributed by atoms with Gasteiger partial charge in [-0.25, -0.2) is 0 Å². The van der Waals surface area contributed by atoms with Gasteiger partial charge in [0.15, 0.2) is 0 Å². The number of nitrogens with zero attached hydrogens (tertiary/aromatic N) is 2. The second-order valence-corrected chi connectivity index (χ2v) is 9.85. The molecule has 1 fully saturated rings. The molecular formula is C29H31N3O4. The Morgan fingerprint density at radius 1 is 1.06 bits per heavy atom. The molecule has 2 amide bonds. The first-order chi connectivity index (χ1) is 17.6. The van der Waals surface area contributed by atoms with Gasteiger partial charge < -0.3 is 19.4 Å². The fourth-order valence-electron chi connectivity index (χ4n) is 6.14. The summed E-state index contributed by atoms with van der Waals surface area (Å²) in [5, 5.41) is 2.95. The number of likely N-dealkylation sites (tertiary alicyclic amines) is 1. The molecule has 4 heterocycles. The van der Waals surface area contributed by atoms with Crippen molar-refractivity contribution in [1.82, 2.24) is 10.2 Å². The van der Waals surface area contributed by atoms with Crippen LogP contribution in [0.1, 0.15) is 48.5 Å². The maximum absolute atomic E-state index is 14.4. The van der Waals surface area contributed by atoms with Gasteiger partial charge in [0.1, 0.15) is 23.8 Å². The Kier molecular flexibility index (Phi) is 5.80. The number of para-hydroxylation sites is 1. The zero-order valence-corrected chi connectivity index (χ0v) is 20.5. The first-order valence-electron chi connectivity index (χ1n) is 12.8. The highest BCUT2D eigenvalue weighted by Gasteiger charge is 2.60. The Hall–Kier alpha value is -3.58. The van der Waals surface area contributed by atoms with Gasteiger partial charge in [-0.3, -0.25) is 14.5 Å². The molecule has 1 N–H and O–H groups in total. The van der Waals surface area contributed by atoms with Crippen LogP contribution in [0.25, 0.3) is 0 Å². The van der Waals surface area contributed by atoms with E-state index in [9.17, 15) is 9.59 Å². The Morgan fingerprint density at radius 2 is 1.92 bits per heavy atom. The number of anilines is 1. The Balaban J connectivity index is 1.50. The highest BCUT2D eigenvalue weighted by Crippen LogP contribution is 2.57. The van der Waals surface area contributed by atoms with Crippen LogP contribution in [0.4, 0.5) is 5.69 Å². The van der Waals surface area contributed by atoms with Gasteiger partial charge in [0.25, 0.3) is 0 Å². The van der Waals surface area contributed by atoms with Crippen LogP contribution in [-0.2, 0) is 28.0 Å². The molecule has 4 bridgehead atoms. The predicted molar refractivity (Wildman–Crippen MR) is 136 cm³/mol. The molecule has 0 radical (unpaired) electrons. The van der Waals surface area contributed by atoms with Crippen molar-refractivity contribution in [3.63, 3.8) is 0 Å². The number of furan rings is 1. The van der Waals surface area contributed by atoms with Crippen molar-refractivity contribution < 1.29 is 18.7 Å². The molecule has 1 aromatic heterocycles. The Bertz CT molecular complexity index is 1300. The standard InChI is InChI=1S/C29H31N3O4/c1-2-21-11-12-23(36-21)18-31-15-13-29-24-9-3-4-10-25(24)32(28(29)34)19-26(33)30-14-6-16-35-22-8-5-7-20(17-22)27(29)31/h3-5,7-12,17,27H,2,6,13-16,18-19H2,1H3,(H,30,33)/t27-,29+/m0/s1. The van der Waals surface area contributed by atoms with Crippen LogP contribution in [0.15, 0.2) is 65.1 Å². The number of hydrogen-bond acceptors (Lipinski definition) is 5. The number of nitrogens with one attached hydrogen (secondary N) is 1. The highest BCUT2D eigenvalue weighted by molar-refractivity contribution is 6.11. The van der Waals surface area contributed by atoms with Gasteiger partial charge >= 0.3 is 0 Å². The van der Waals surface area contributed by atoms with Crippen molar-refractivity contribution in [3.05, 3.63) is 83.3 Å². The largest absolute Gasteiger partial charge is 0.494 e. The predicted octanol–water partition coefficient (Wildman–Crippen LogP) is 3.97. The summed E-state index contributed by atoms with van der Waals surface area (Å²) in [4.78, 5) is 31.2. The summed E-state index contributed by atoms with van der Waals surface area (Å²) in [6.45, 7) is 4.45. The molecule has 7 heteroatoms. The maximum Gasteiger partial charge on any atom is 0.240 e. The number of carbonyl (C=O) groups is 2. The fraction of sp³-hybridized carbons (Fsp3) is 0.379. The Labute approximate surface area is 211 Å². The van der Waals surface area contributed by atoms with Crippen LogP contribution < -0.4 is 15.0 Å². The molecule has 3 aromatic rings.